The van der Waals surface area contributed by atoms with Crippen molar-refractivity contribution < 1.29 is 19.1 Å². The van der Waals surface area contributed by atoms with Crippen molar-refractivity contribution in [2.75, 3.05) is 7.11 Å². The Morgan fingerprint density at radius 1 is 1.00 bits per heavy atom. The van der Waals surface area contributed by atoms with E-state index < -0.39 is 11.8 Å². The first-order chi connectivity index (χ1) is 14.5. The lowest BCUT2D eigenvalue weighted by Crippen LogP contribution is -2.41. The van der Waals surface area contributed by atoms with Gasteiger partial charge in [-0.05, 0) is 23.8 Å². The Kier molecular flexibility index (Phi) is 7.26. The number of benzene rings is 2. The van der Waals surface area contributed by atoms with Gasteiger partial charge >= 0.3 is 0 Å². The van der Waals surface area contributed by atoms with Crippen molar-refractivity contribution in [1.29, 1.82) is 0 Å². The van der Waals surface area contributed by atoms with Crippen LogP contribution in [-0.4, -0.2) is 24.8 Å². The van der Waals surface area contributed by atoms with Gasteiger partial charge in [-0.1, -0.05) is 41.9 Å². The molecule has 30 heavy (non-hydrogen) atoms. The first-order valence-corrected chi connectivity index (χ1v) is 10.3. The molecular formula is C21H20ClN3O4S. The summed E-state index contributed by atoms with van der Waals surface area (Å²) in [5, 5.41) is 3.78. The standard InChI is InChI=1S/C21H20ClN3O4S/c1-29-14-7-8-15-16(11-14)30-20(19(15)22)21(28)25-24-18(27)10-9-17(26)23-12-13-5-3-2-4-6-13/h2-8,11H,9-10,12H2,1H3,(H,23,26)(H,24,27)(H,25,28). The average molecular weight is 446 g/mol. The summed E-state index contributed by atoms with van der Waals surface area (Å²) in [6, 6.07) is 14.8. The average Bonchev–Trinajstić information content (AvgIpc) is 3.11. The lowest BCUT2D eigenvalue weighted by molar-refractivity contribution is -0.126. The van der Waals surface area contributed by atoms with Crippen LogP contribution < -0.4 is 20.9 Å². The Hall–Kier alpha value is -3.10. The van der Waals surface area contributed by atoms with Gasteiger partial charge < -0.3 is 10.1 Å². The zero-order valence-corrected chi connectivity index (χ0v) is 17.7. The second-order valence-corrected chi connectivity index (χ2v) is 7.80. The van der Waals surface area contributed by atoms with Gasteiger partial charge in [-0.25, -0.2) is 0 Å². The van der Waals surface area contributed by atoms with Crippen molar-refractivity contribution in [3.8, 4) is 5.75 Å². The predicted octanol–water partition coefficient (Wildman–Crippen LogP) is 3.42. The highest BCUT2D eigenvalue weighted by molar-refractivity contribution is 7.21. The van der Waals surface area contributed by atoms with Crippen LogP contribution in [0.25, 0.3) is 10.1 Å². The summed E-state index contributed by atoms with van der Waals surface area (Å²) < 4.78 is 5.97. The summed E-state index contributed by atoms with van der Waals surface area (Å²) in [5.74, 6) is -0.591. The molecule has 0 spiro atoms. The Balaban J connectivity index is 1.46. The van der Waals surface area contributed by atoms with E-state index in [-0.39, 0.29) is 23.6 Å². The van der Waals surface area contributed by atoms with Crippen molar-refractivity contribution in [3.05, 3.63) is 64.0 Å². The number of hydrogen-bond acceptors (Lipinski definition) is 5. The van der Waals surface area contributed by atoms with E-state index in [2.05, 4.69) is 16.2 Å². The van der Waals surface area contributed by atoms with E-state index in [4.69, 9.17) is 16.3 Å². The predicted molar refractivity (Wildman–Crippen MR) is 117 cm³/mol. The normalized spacial score (nSPS) is 10.5. The molecule has 0 saturated carbocycles. The van der Waals surface area contributed by atoms with Crippen molar-refractivity contribution >= 4 is 50.7 Å². The molecule has 9 heteroatoms. The largest absolute Gasteiger partial charge is 0.497 e. The molecule has 3 amide bonds. The van der Waals surface area contributed by atoms with Crippen LogP contribution in [0.4, 0.5) is 0 Å². The van der Waals surface area contributed by atoms with Gasteiger partial charge in [0.2, 0.25) is 11.8 Å². The number of methoxy groups -OCH3 is 1. The maximum absolute atomic E-state index is 12.4. The van der Waals surface area contributed by atoms with Crippen LogP contribution in [0.15, 0.2) is 48.5 Å². The second kappa shape index (κ2) is 10.1. The third-order valence-corrected chi connectivity index (χ3v) is 5.93. The molecule has 0 aliphatic heterocycles. The molecule has 0 saturated heterocycles. The molecule has 1 aromatic heterocycles. The Bertz CT molecular complexity index is 1070. The number of hydrogen-bond donors (Lipinski definition) is 3. The molecule has 0 aliphatic carbocycles. The zero-order valence-electron chi connectivity index (χ0n) is 16.2. The molecule has 0 atom stereocenters. The smallest absolute Gasteiger partial charge is 0.281 e. The molecule has 3 aromatic rings. The molecule has 0 aliphatic rings. The molecule has 0 bridgehead atoms. The fraction of sp³-hybridized carbons (Fsp3) is 0.190. The van der Waals surface area contributed by atoms with Crippen molar-refractivity contribution in [2.24, 2.45) is 0 Å². The number of carbonyl (C=O) groups is 3. The van der Waals surface area contributed by atoms with E-state index in [1.807, 2.05) is 30.3 Å². The van der Waals surface area contributed by atoms with Crippen LogP contribution in [-0.2, 0) is 16.1 Å². The van der Waals surface area contributed by atoms with Crippen molar-refractivity contribution in [2.45, 2.75) is 19.4 Å². The lowest BCUT2D eigenvalue weighted by atomic mass is 10.2. The molecule has 3 N–H and O–H groups in total. The minimum absolute atomic E-state index is 0.0119. The van der Waals surface area contributed by atoms with Crippen LogP contribution in [0.1, 0.15) is 28.1 Å². The molecule has 7 nitrogen and oxygen atoms in total. The van der Waals surface area contributed by atoms with Gasteiger partial charge in [-0.2, -0.15) is 0 Å². The quantitative estimate of drug-likeness (QED) is 0.485. The summed E-state index contributed by atoms with van der Waals surface area (Å²) in [4.78, 5) is 36.5. The number of fused-ring (bicyclic) bond motifs is 1. The Morgan fingerprint density at radius 3 is 2.47 bits per heavy atom. The van der Waals surface area contributed by atoms with Gasteiger partial charge in [-0.3, -0.25) is 25.2 Å². The minimum Gasteiger partial charge on any atom is -0.497 e. The number of ether oxygens (including phenoxy) is 1. The first-order valence-electron chi connectivity index (χ1n) is 9.13. The SMILES string of the molecule is COc1ccc2c(Cl)c(C(=O)NNC(=O)CCC(=O)NCc3ccccc3)sc2c1. The van der Waals surface area contributed by atoms with E-state index in [0.29, 0.717) is 17.3 Å². The molecule has 3 rings (SSSR count). The molecule has 0 radical (unpaired) electrons. The molecule has 1 heterocycles. The van der Waals surface area contributed by atoms with Crippen molar-refractivity contribution in [1.82, 2.24) is 16.2 Å². The van der Waals surface area contributed by atoms with Crippen LogP contribution in [0.2, 0.25) is 5.02 Å². The summed E-state index contributed by atoms with van der Waals surface area (Å²) in [6.07, 6.45) is -0.0454. The fourth-order valence-electron chi connectivity index (χ4n) is 2.68. The molecule has 0 fully saturated rings. The highest BCUT2D eigenvalue weighted by atomic mass is 35.5. The van der Waals surface area contributed by atoms with Gasteiger partial charge in [0.1, 0.15) is 10.6 Å². The number of rotatable bonds is 7. The monoisotopic (exact) mass is 445 g/mol. The summed E-state index contributed by atoms with van der Waals surface area (Å²) in [6.45, 7) is 0.396. The first kappa shape index (κ1) is 21.6. The summed E-state index contributed by atoms with van der Waals surface area (Å²) in [7, 11) is 1.56. The van der Waals surface area contributed by atoms with Gasteiger partial charge in [0, 0.05) is 29.5 Å². The van der Waals surface area contributed by atoms with Crippen LogP contribution in [0.3, 0.4) is 0 Å². The Labute approximate surface area is 182 Å². The lowest BCUT2D eigenvalue weighted by Gasteiger charge is -2.07. The van der Waals surface area contributed by atoms with Gasteiger partial charge in [0.05, 0.1) is 12.1 Å². The van der Waals surface area contributed by atoms with Crippen molar-refractivity contribution in [3.63, 3.8) is 0 Å². The number of halogens is 1. The van der Waals surface area contributed by atoms with Gasteiger partial charge in [-0.15, -0.1) is 11.3 Å². The van der Waals surface area contributed by atoms with E-state index in [9.17, 15) is 14.4 Å². The summed E-state index contributed by atoms with van der Waals surface area (Å²) in [5.41, 5.74) is 5.62. The van der Waals surface area contributed by atoms with Crippen LogP contribution in [0.5, 0.6) is 5.75 Å². The zero-order chi connectivity index (χ0) is 21.5. The number of amides is 3. The van der Waals surface area contributed by atoms with Crippen LogP contribution >= 0.6 is 22.9 Å². The highest BCUT2D eigenvalue weighted by Crippen LogP contribution is 2.37. The fourth-order valence-corrected chi connectivity index (χ4v) is 4.12. The molecule has 2 aromatic carbocycles. The number of carbonyl (C=O) groups excluding carboxylic acids is 3. The molecule has 156 valence electrons. The van der Waals surface area contributed by atoms with Crippen LogP contribution in [0, 0.1) is 0 Å². The highest BCUT2D eigenvalue weighted by Gasteiger charge is 2.18. The molecular weight excluding hydrogens is 426 g/mol. The Morgan fingerprint density at radius 2 is 1.73 bits per heavy atom. The topological polar surface area (TPSA) is 96.5 Å². The number of nitrogens with one attached hydrogen (secondary N) is 3. The van der Waals surface area contributed by atoms with Gasteiger partial charge in [0.15, 0.2) is 0 Å². The summed E-state index contributed by atoms with van der Waals surface area (Å²) >= 11 is 7.49. The van der Waals surface area contributed by atoms with E-state index >= 15 is 0 Å². The second-order valence-electron chi connectivity index (χ2n) is 6.37. The third-order valence-electron chi connectivity index (χ3n) is 4.27. The maximum atomic E-state index is 12.4. The van der Waals surface area contributed by atoms with E-state index in [1.54, 1.807) is 25.3 Å². The van der Waals surface area contributed by atoms with E-state index in [0.717, 1.165) is 15.6 Å². The maximum Gasteiger partial charge on any atom is 0.281 e. The third kappa shape index (κ3) is 5.49. The van der Waals surface area contributed by atoms with Gasteiger partial charge in [0.25, 0.3) is 5.91 Å². The molecule has 0 unspecified atom stereocenters. The van der Waals surface area contributed by atoms with E-state index in [1.165, 1.54) is 11.3 Å². The number of thiophene rings is 1. The number of hydrazine groups is 1. The minimum atomic E-state index is -0.526.